The number of amides is 2. The van der Waals surface area contributed by atoms with Crippen LogP contribution in [0.2, 0.25) is 5.02 Å². The Morgan fingerprint density at radius 3 is 2.10 bits per heavy atom. The number of sulfonamides is 1. The van der Waals surface area contributed by atoms with E-state index in [2.05, 4.69) is 5.32 Å². The van der Waals surface area contributed by atoms with Crippen molar-refractivity contribution >= 4 is 39.1 Å². The number of nitrogens with zero attached hydrogens (tertiary/aromatic N) is 2. The lowest BCUT2D eigenvalue weighted by molar-refractivity contribution is -0.139. The summed E-state index contributed by atoms with van der Waals surface area (Å²) in [6.45, 7) is 6.62. The van der Waals surface area contributed by atoms with Crippen LogP contribution in [-0.4, -0.2) is 43.8 Å². The molecule has 0 saturated carbocycles. The fourth-order valence-electron chi connectivity index (χ4n) is 3.81. The molecule has 0 heterocycles. The van der Waals surface area contributed by atoms with E-state index in [1.165, 1.54) is 65.6 Å². The highest BCUT2D eigenvalue weighted by Gasteiger charge is 2.32. The van der Waals surface area contributed by atoms with Crippen molar-refractivity contribution in [3.63, 3.8) is 0 Å². The van der Waals surface area contributed by atoms with Crippen LogP contribution >= 0.6 is 11.6 Å². The van der Waals surface area contributed by atoms with Crippen molar-refractivity contribution in [3.05, 3.63) is 94.8 Å². The molecule has 0 saturated heterocycles. The lowest BCUT2D eigenvalue weighted by atomic mass is 10.1. The molecule has 39 heavy (non-hydrogen) atoms. The highest BCUT2D eigenvalue weighted by Crippen LogP contribution is 2.26. The summed E-state index contributed by atoms with van der Waals surface area (Å²) in [6.07, 6.45) is 0.698. The molecule has 2 amide bonds. The molecule has 3 aromatic rings. The minimum absolute atomic E-state index is 0.0171. The fourth-order valence-corrected chi connectivity index (χ4v) is 5.35. The van der Waals surface area contributed by atoms with Gasteiger partial charge in [0, 0.05) is 17.6 Å². The summed E-state index contributed by atoms with van der Waals surface area (Å²) >= 11 is 6.04. The second-order valence-electron chi connectivity index (χ2n) is 9.44. The second kappa shape index (κ2) is 13.1. The smallest absolute Gasteiger partial charge is 0.264 e. The van der Waals surface area contributed by atoms with Gasteiger partial charge in [0.25, 0.3) is 10.0 Å². The molecule has 208 valence electrons. The van der Waals surface area contributed by atoms with Crippen molar-refractivity contribution in [1.29, 1.82) is 0 Å². The fraction of sp³-hybridized carbons (Fsp3) is 0.310. The van der Waals surface area contributed by atoms with E-state index in [4.69, 9.17) is 11.6 Å². The SMILES string of the molecule is CC[C@@H](C)NC(=O)[C@@H](C)N(Cc1ccc(F)cc1)C(=O)CN(c1ccc(Cl)cc1)S(=O)(=O)c1ccc(C)cc1. The molecule has 0 aliphatic rings. The average Bonchev–Trinajstić information content (AvgIpc) is 2.91. The third-order valence-corrected chi connectivity index (χ3v) is 8.48. The van der Waals surface area contributed by atoms with Gasteiger partial charge >= 0.3 is 0 Å². The van der Waals surface area contributed by atoms with Crippen LogP contribution in [0.5, 0.6) is 0 Å². The van der Waals surface area contributed by atoms with Crippen LogP contribution in [0.4, 0.5) is 10.1 Å². The number of aryl methyl sites for hydroxylation is 1. The van der Waals surface area contributed by atoms with E-state index < -0.39 is 34.3 Å². The highest BCUT2D eigenvalue weighted by molar-refractivity contribution is 7.92. The zero-order chi connectivity index (χ0) is 28.7. The minimum atomic E-state index is -4.17. The van der Waals surface area contributed by atoms with Gasteiger partial charge in [-0.25, -0.2) is 12.8 Å². The first-order valence-corrected chi connectivity index (χ1v) is 14.4. The summed E-state index contributed by atoms with van der Waals surface area (Å²) in [6, 6.07) is 17.0. The van der Waals surface area contributed by atoms with Gasteiger partial charge < -0.3 is 10.2 Å². The van der Waals surface area contributed by atoms with Gasteiger partial charge in [-0.05, 0) is 81.3 Å². The van der Waals surface area contributed by atoms with Gasteiger partial charge in [-0.1, -0.05) is 48.4 Å². The lowest BCUT2D eigenvalue weighted by Gasteiger charge is -2.32. The standard InChI is InChI=1S/C29H33ClFN3O4S/c1-5-21(3)32-29(36)22(4)33(18-23-8-12-25(31)13-9-23)28(35)19-34(26-14-10-24(30)11-15-26)39(37,38)27-16-6-20(2)7-17-27/h6-17,21-22H,5,18-19H2,1-4H3,(H,32,36)/t21-,22-/m1/s1. The number of benzene rings is 3. The summed E-state index contributed by atoms with van der Waals surface area (Å²) in [7, 11) is -4.17. The highest BCUT2D eigenvalue weighted by atomic mass is 35.5. The van der Waals surface area contributed by atoms with Gasteiger partial charge in [-0.15, -0.1) is 0 Å². The average molecular weight is 574 g/mol. The molecule has 1 N–H and O–H groups in total. The summed E-state index contributed by atoms with van der Waals surface area (Å²) < 4.78 is 42.1. The zero-order valence-electron chi connectivity index (χ0n) is 22.4. The molecule has 7 nitrogen and oxygen atoms in total. The van der Waals surface area contributed by atoms with Gasteiger partial charge in [-0.2, -0.15) is 0 Å². The van der Waals surface area contributed by atoms with E-state index in [0.29, 0.717) is 17.0 Å². The molecule has 0 aliphatic heterocycles. The van der Waals surface area contributed by atoms with Crippen LogP contribution in [-0.2, 0) is 26.2 Å². The summed E-state index contributed by atoms with van der Waals surface area (Å²) in [5, 5.41) is 3.28. The molecule has 0 spiro atoms. The molecule has 0 bridgehead atoms. The predicted molar refractivity (Wildman–Crippen MR) is 151 cm³/mol. The van der Waals surface area contributed by atoms with Gasteiger partial charge in [0.05, 0.1) is 10.6 Å². The molecule has 0 fully saturated rings. The topological polar surface area (TPSA) is 86.8 Å². The first-order chi connectivity index (χ1) is 18.4. The maximum Gasteiger partial charge on any atom is 0.264 e. The zero-order valence-corrected chi connectivity index (χ0v) is 24.0. The normalized spacial score (nSPS) is 12.9. The summed E-state index contributed by atoms with van der Waals surface area (Å²) in [5.41, 5.74) is 1.72. The quantitative estimate of drug-likeness (QED) is 0.337. The molecular formula is C29H33ClFN3O4S. The largest absolute Gasteiger partial charge is 0.352 e. The van der Waals surface area contributed by atoms with Crippen LogP contribution in [0.15, 0.2) is 77.7 Å². The number of rotatable bonds is 11. The van der Waals surface area contributed by atoms with E-state index >= 15 is 0 Å². The van der Waals surface area contributed by atoms with E-state index in [1.54, 1.807) is 19.1 Å². The summed E-state index contributed by atoms with van der Waals surface area (Å²) in [5.74, 6) is -1.41. The van der Waals surface area contributed by atoms with Crippen molar-refractivity contribution in [2.24, 2.45) is 0 Å². The van der Waals surface area contributed by atoms with Gasteiger partial charge in [-0.3, -0.25) is 13.9 Å². The molecule has 2 atom stereocenters. The second-order valence-corrected chi connectivity index (χ2v) is 11.7. The van der Waals surface area contributed by atoms with Gasteiger partial charge in [0.1, 0.15) is 18.4 Å². The molecule has 0 radical (unpaired) electrons. The molecule has 3 aromatic carbocycles. The lowest BCUT2D eigenvalue weighted by Crippen LogP contribution is -2.52. The Kier molecular flexibility index (Phi) is 10.1. The Hall–Kier alpha value is -3.43. The number of anilines is 1. The molecular weight excluding hydrogens is 541 g/mol. The van der Waals surface area contributed by atoms with Crippen LogP contribution in [0.1, 0.15) is 38.3 Å². The monoisotopic (exact) mass is 573 g/mol. The van der Waals surface area contributed by atoms with Crippen molar-refractivity contribution in [2.45, 2.75) is 57.6 Å². The maximum atomic E-state index is 13.8. The Morgan fingerprint density at radius 2 is 1.54 bits per heavy atom. The molecule has 0 aromatic heterocycles. The van der Waals surface area contributed by atoms with E-state index in [1.807, 2.05) is 20.8 Å². The number of hydrogen-bond acceptors (Lipinski definition) is 4. The number of carbonyl (C=O) groups excluding carboxylic acids is 2. The number of halogens is 2. The van der Waals surface area contributed by atoms with Crippen molar-refractivity contribution in [2.75, 3.05) is 10.8 Å². The van der Waals surface area contributed by atoms with Gasteiger partial charge in [0.2, 0.25) is 11.8 Å². The van der Waals surface area contributed by atoms with Gasteiger partial charge in [0.15, 0.2) is 0 Å². The Morgan fingerprint density at radius 1 is 0.949 bits per heavy atom. The number of carbonyl (C=O) groups is 2. The predicted octanol–water partition coefficient (Wildman–Crippen LogP) is 5.31. The van der Waals surface area contributed by atoms with Crippen LogP contribution < -0.4 is 9.62 Å². The van der Waals surface area contributed by atoms with E-state index in [9.17, 15) is 22.4 Å². The third-order valence-electron chi connectivity index (χ3n) is 6.44. The third kappa shape index (κ3) is 7.80. The number of nitrogens with one attached hydrogen (secondary N) is 1. The Bertz CT molecular complexity index is 1380. The minimum Gasteiger partial charge on any atom is -0.352 e. The summed E-state index contributed by atoms with van der Waals surface area (Å²) in [4.78, 5) is 28.2. The van der Waals surface area contributed by atoms with Crippen LogP contribution in [0.3, 0.4) is 0 Å². The number of hydrogen-bond donors (Lipinski definition) is 1. The van der Waals surface area contributed by atoms with Crippen LogP contribution in [0.25, 0.3) is 0 Å². The van der Waals surface area contributed by atoms with Crippen molar-refractivity contribution in [3.8, 4) is 0 Å². The first kappa shape index (κ1) is 30.1. The van der Waals surface area contributed by atoms with Crippen molar-refractivity contribution in [1.82, 2.24) is 10.2 Å². The van der Waals surface area contributed by atoms with Crippen molar-refractivity contribution < 1.29 is 22.4 Å². The van der Waals surface area contributed by atoms with E-state index in [0.717, 1.165) is 9.87 Å². The van der Waals surface area contributed by atoms with E-state index in [-0.39, 0.29) is 29.1 Å². The molecule has 0 aliphatic carbocycles. The first-order valence-electron chi connectivity index (χ1n) is 12.6. The molecule has 3 rings (SSSR count). The Balaban J connectivity index is 2.01. The molecule has 10 heteroatoms. The maximum absolute atomic E-state index is 13.8. The van der Waals surface area contributed by atoms with Crippen LogP contribution in [0, 0.1) is 12.7 Å². The molecule has 0 unspecified atom stereocenters. The Labute approximate surface area is 234 Å².